The molecule has 1 aromatic heterocycles. The van der Waals surface area contributed by atoms with Crippen molar-refractivity contribution in [3.63, 3.8) is 0 Å². The van der Waals surface area contributed by atoms with E-state index in [4.69, 9.17) is 11.6 Å². The average molecular weight is 543 g/mol. The molecule has 2 N–H and O–H groups in total. The van der Waals surface area contributed by atoms with Gasteiger partial charge in [-0.15, -0.1) is 10.2 Å². The molecule has 0 fully saturated rings. The van der Waals surface area contributed by atoms with Crippen LogP contribution in [0.15, 0.2) is 47.6 Å². The Kier molecular flexibility index (Phi) is 8.53. The minimum absolute atomic E-state index is 0.0107. The molecule has 0 spiro atoms. The summed E-state index contributed by atoms with van der Waals surface area (Å²) in [6, 6.07) is 7.90. The topological polar surface area (TPSA) is 132 Å². The Labute approximate surface area is 211 Å². The number of hydrogen-bond donors (Lipinski definition) is 2. The lowest BCUT2D eigenvalue weighted by atomic mass is 10.2. The molecule has 1 heterocycles. The maximum Gasteiger partial charge on any atom is 0.416 e. The van der Waals surface area contributed by atoms with Gasteiger partial charge in [0.1, 0.15) is 5.82 Å². The minimum Gasteiger partial charge on any atom is -0.326 e. The molecule has 0 unspecified atom stereocenters. The SMILES string of the molecule is CCn1c(CC(=O)Nc2cccc(C(F)(F)F)c2)nnc1SCC(=O)Nc1cc([N+](=O)[O-])ccc1Cl. The number of hydrogen-bond acceptors (Lipinski definition) is 7. The number of benzene rings is 2. The largest absolute Gasteiger partial charge is 0.416 e. The molecule has 0 aliphatic carbocycles. The number of thioether (sulfide) groups is 1. The fraction of sp³-hybridized carbons (Fsp3) is 0.238. The molecule has 0 aliphatic rings. The zero-order valence-corrected chi connectivity index (χ0v) is 20.1. The van der Waals surface area contributed by atoms with E-state index < -0.39 is 28.5 Å². The Morgan fingerprint density at radius 2 is 1.89 bits per heavy atom. The van der Waals surface area contributed by atoms with Crippen LogP contribution in [0.3, 0.4) is 0 Å². The number of non-ortho nitro benzene ring substituents is 1. The fourth-order valence-electron chi connectivity index (χ4n) is 3.04. The fourth-order valence-corrected chi connectivity index (χ4v) is 4.02. The molecule has 0 saturated heterocycles. The Morgan fingerprint density at radius 1 is 1.14 bits per heavy atom. The van der Waals surface area contributed by atoms with Crippen molar-refractivity contribution in [2.45, 2.75) is 31.2 Å². The highest BCUT2D eigenvalue weighted by Gasteiger charge is 2.30. The number of amides is 2. The lowest BCUT2D eigenvalue weighted by Crippen LogP contribution is -2.18. The standard InChI is InChI=1S/C21H18ClF3N6O4S/c1-2-30-17(10-18(32)26-13-5-3-4-12(8-13)21(23,24)25)28-29-20(30)36-11-19(33)27-16-9-14(31(34)35)6-7-15(16)22/h3-9H,2,10-11H2,1H3,(H,26,32)(H,27,33). The van der Waals surface area contributed by atoms with E-state index in [0.717, 1.165) is 30.0 Å². The van der Waals surface area contributed by atoms with E-state index in [-0.39, 0.29) is 40.1 Å². The summed E-state index contributed by atoms with van der Waals surface area (Å²) in [5, 5.41) is 24.2. The van der Waals surface area contributed by atoms with E-state index in [2.05, 4.69) is 20.8 Å². The number of halogens is 4. The summed E-state index contributed by atoms with van der Waals surface area (Å²) in [7, 11) is 0. The highest BCUT2D eigenvalue weighted by atomic mass is 35.5. The number of anilines is 2. The van der Waals surface area contributed by atoms with Crippen molar-refractivity contribution in [3.8, 4) is 0 Å². The van der Waals surface area contributed by atoms with Crippen molar-refractivity contribution >= 4 is 52.2 Å². The first kappa shape index (κ1) is 26.9. The summed E-state index contributed by atoms with van der Waals surface area (Å²) in [5.41, 5.74) is -1.05. The Hall–Kier alpha value is -3.65. The Bertz CT molecular complexity index is 1300. The molecule has 0 atom stereocenters. The van der Waals surface area contributed by atoms with Crippen LogP contribution in [0.25, 0.3) is 0 Å². The van der Waals surface area contributed by atoms with Gasteiger partial charge in [-0.3, -0.25) is 19.7 Å². The van der Waals surface area contributed by atoms with E-state index in [0.29, 0.717) is 11.7 Å². The molecule has 0 aliphatic heterocycles. The zero-order chi connectivity index (χ0) is 26.5. The first-order valence-corrected chi connectivity index (χ1v) is 11.6. The predicted octanol–water partition coefficient (Wildman–Crippen LogP) is 4.79. The van der Waals surface area contributed by atoms with Crippen LogP contribution in [0.2, 0.25) is 5.02 Å². The molecule has 10 nitrogen and oxygen atoms in total. The molecule has 190 valence electrons. The molecule has 3 rings (SSSR count). The second-order valence-electron chi connectivity index (χ2n) is 7.20. The number of nitrogens with zero attached hydrogens (tertiary/aromatic N) is 4. The summed E-state index contributed by atoms with van der Waals surface area (Å²) in [6.07, 6.45) is -4.80. The quantitative estimate of drug-likeness (QED) is 0.226. The van der Waals surface area contributed by atoms with Crippen LogP contribution in [0.4, 0.5) is 30.2 Å². The van der Waals surface area contributed by atoms with Gasteiger partial charge in [-0.05, 0) is 31.2 Å². The average Bonchev–Trinajstić information content (AvgIpc) is 3.19. The number of rotatable bonds is 9. The molecule has 3 aromatic rings. The van der Waals surface area contributed by atoms with Crippen molar-refractivity contribution < 1.29 is 27.7 Å². The normalized spacial score (nSPS) is 11.2. The van der Waals surface area contributed by atoms with Gasteiger partial charge in [-0.25, -0.2) is 0 Å². The van der Waals surface area contributed by atoms with Gasteiger partial charge in [-0.1, -0.05) is 29.4 Å². The van der Waals surface area contributed by atoms with Crippen LogP contribution in [-0.2, 0) is 28.7 Å². The van der Waals surface area contributed by atoms with Crippen LogP contribution >= 0.6 is 23.4 Å². The van der Waals surface area contributed by atoms with Gasteiger partial charge >= 0.3 is 6.18 Å². The zero-order valence-electron chi connectivity index (χ0n) is 18.5. The number of nitro benzene ring substituents is 1. The van der Waals surface area contributed by atoms with E-state index in [1.807, 2.05) is 0 Å². The van der Waals surface area contributed by atoms with E-state index in [1.165, 1.54) is 24.3 Å². The first-order valence-electron chi connectivity index (χ1n) is 10.2. The molecule has 0 radical (unpaired) electrons. The van der Waals surface area contributed by atoms with Gasteiger partial charge in [0.2, 0.25) is 11.8 Å². The Morgan fingerprint density at radius 3 is 2.56 bits per heavy atom. The highest BCUT2D eigenvalue weighted by molar-refractivity contribution is 7.99. The van der Waals surface area contributed by atoms with Crippen LogP contribution in [0.5, 0.6) is 0 Å². The van der Waals surface area contributed by atoms with Crippen LogP contribution < -0.4 is 10.6 Å². The number of carbonyl (C=O) groups excluding carboxylic acids is 2. The van der Waals surface area contributed by atoms with Crippen molar-refractivity contribution in [3.05, 3.63) is 69.0 Å². The molecule has 0 bridgehead atoms. The molecule has 0 saturated carbocycles. The van der Waals surface area contributed by atoms with Gasteiger partial charge in [-0.2, -0.15) is 13.2 Å². The third kappa shape index (κ3) is 6.95. The molecule has 36 heavy (non-hydrogen) atoms. The number of alkyl halides is 3. The number of nitrogens with one attached hydrogen (secondary N) is 2. The summed E-state index contributed by atoms with van der Waals surface area (Å²) in [5.74, 6) is -0.970. The summed E-state index contributed by atoms with van der Waals surface area (Å²) in [6.45, 7) is 2.13. The summed E-state index contributed by atoms with van der Waals surface area (Å²) >= 11 is 7.00. The lowest BCUT2D eigenvalue weighted by Gasteiger charge is -2.10. The van der Waals surface area contributed by atoms with Crippen molar-refractivity contribution in [1.82, 2.24) is 14.8 Å². The lowest BCUT2D eigenvalue weighted by molar-refractivity contribution is -0.384. The van der Waals surface area contributed by atoms with Gasteiger partial charge < -0.3 is 15.2 Å². The summed E-state index contributed by atoms with van der Waals surface area (Å²) in [4.78, 5) is 35.0. The molecule has 2 aromatic carbocycles. The van der Waals surface area contributed by atoms with Gasteiger partial charge in [0.05, 0.1) is 33.4 Å². The third-order valence-corrected chi connectivity index (χ3v) is 5.97. The Balaban J connectivity index is 1.62. The molecular formula is C21H18ClF3N6O4S. The van der Waals surface area contributed by atoms with E-state index in [1.54, 1.807) is 11.5 Å². The van der Waals surface area contributed by atoms with E-state index in [9.17, 15) is 32.9 Å². The maximum atomic E-state index is 12.9. The predicted molar refractivity (Wildman–Crippen MR) is 127 cm³/mol. The monoisotopic (exact) mass is 542 g/mol. The number of aromatic nitrogens is 3. The maximum absolute atomic E-state index is 12.9. The van der Waals surface area contributed by atoms with Gasteiger partial charge in [0.25, 0.3) is 5.69 Å². The smallest absolute Gasteiger partial charge is 0.326 e. The van der Waals surface area contributed by atoms with Gasteiger partial charge in [0.15, 0.2) is 5.16 Å². The highest BCUT2D eigenvalue weighted by Crippen LogP contribution is 2.31. The second-order valence-corrected chi connectivity index (χ2v) is 8.55. The second kappa shape index (κ2) is 11.4. The van der Waals surface area contributed by atoms with Crippen LogP contribution in [0, 0.1) is 10.1 Å². The molecular weight excluding hydrogens is 525 g/mol. The van der Waals surface area contributed by atoms with Crippen molar-refractivity contribution in [1.29, 1.82) is 0 Å². The van der Waals surface area contributed by atoms with Gasteiger partial charge in [0, 0.05) is 24.4 Å². The number of nitro groups is 1. The number of carbonyl (C=O) groups is 2. The minimum atomic E-state index is -4.54. The molecule has 15 heteroatoms. The van der Waals surface area contributed by atoms with Crippen molar-refractivity contribution in [2.24, 2.45) is 0 Å². The van der Waals surface area contributed by atoms with Crippen LogP contribution in [-0.4, -0.2) is 37.3 Å². The van der Waals surface area contributed by atoms with Crippen molar-refractivity contribution in [2.75, 3.05) is 16.4 Å². The summed E-state index contributed by atoms with van der Waals surface area (Å²) < 4.78 is 40.2. The van der Waals surface area contributed by atoms with Crippen LogP contribution in [0.1, 0.15) is 18.3 Å². The first-order chi connectivity index (χ1) is 17.0. The van der Waals surface area contributed by atoms with E-state index >= 15 is 0 Å². The molecule has 2 amide bonds. The third-order valence-electron chi connectivity index (χ3n) is 4.67.